The van der Waals surface area contributed by atoms with E-state index in [4.69, 9.17) is 0 Å². The zero-order chi connectivity index (χ0) is 11.1. The van der Waals surface area contributed by atoms with Gasteiger partial charge in [0.05, 0.1) is 0 Å². The van der Waals surface area contributed by atoms with Gasteiger partial charge < -0.3 is 0 Å². The van der Waals surface area contributed by atoms with Crippen molar-refractivity contribution in [2.75, 3.05) is 0 Å². The molecule has 86 valence electrons. The predicted octanol–water partition coefficient (Wildman–Crippen LogP) is 4.81. The molecule has 0 aromatic carbocycles. The van der Waals surface area contributed by atoms with Gasteiger partial charge >= 0.3 is 0 Å². The third-order valence-corrected chi connectivity index (χ3v) is 5.21. The Morgan fingerprint density at radius 2 is 2.07 bits per heavy atom. The molecule has 0 N–H and O–H groups in total. The second kappa shape index (κ2) is 3.96. The fourth-order valence-corrected chi connectivity index (χ4v) is 4.04. The largest absolute Gasteiger partial charge is 0.0859 e. The van der Waals surface area contributed by atoms with Crippen molar-refractivity contribution in [1.29, 1.82) is 0 Å². The molecule has 15 heavy (non-hydrogen) atoms. The summed E-state index contributed by atoms with van der Waals surface area (Å²) in [5.74, 6) is 3.10. The molecule has 0 amide bonds. The Labute approximate surface area is 95.1 Å². The molecule has 0 nitrogen and oxygen atoms in total. The normalized spacial score (nSPS) is 43.3. The van der Waals surface area contributed by atoms with Crippen LogP contribution < -0.4 is 0 Å². The first-order valence-corrected chi connectivity index (χ1v) is 6.67. The zero-order valence-electron chi connectivity index (χ0n) is 10.8. The van der Waals surface area contributed by atoms with E-state index in [1.54, 1.807) is 0 Å². The van der Waals surface area contributed by atoms with Crippen LogP contribution in [0, 0.1) is 23.2 Å². The molecule has 3 aliphatic rings. The van der Waals surface area contributed by atoms with E-state index < -0.39 is 0 Å². The van der Waals surface area contributed by atoms with Gasteiger partial charge in [-0.05, 0) is 62.7 Å². The summed E-state index contributed by atoms with van der Waals surface area (Å²) in [4.78, 5) is 0. The van der Waals surface area contributed by atoms with Crippen LogP contribution in [0.15, 0.2) is 11.6 Å². The Bertz CT molecular complexity index is 257. The Balaban J connectivity index is 1.93. The molecule has 4 unspecified atom stereocenters. The van der Waals surface area contributed by atoms with Gasteiger partial charge in [0, 0.05) is 0 Å². The van der Waals surface area contributed by atoms with E-state index in [-0.39, 0.29) is 0 Å². The average molecular weight is 206 g/mol. The molecule has 3 aliphatic carbocycles. The van der Waals surface area contributed by atoms with E-state index in [1.807, 2.05) is 0 Å². The van der Waals surface area contributed by atoms with Crippen LogP contribution in [-0.2, 0) is 0 Å². The van der Waals surface area contributed by atoms with Gasteiger partial charge in [-0.2, -0.15) is 0 Å². The van der Waals surface area contributed by atoms with Gasteiger partial charge in [-0.1, -0.05) is 31.9 Å². The molecule has 0 aromatic rings. The van der Waals surface area contributed by atoms with Crippen LogP contribution in [0.25, 0.3) is 0 Å². The number of hydrogen-bond acceptors (Lipinski definition) is 0. The molecule has 3 fully saturated rings. The molecule has 0 heterocycles. The number of hydrogen-bond donors (Lipinski definition) is 0. The van der Waals surface area contributed by atoms with Crippen LogP contribution in [0.1, 0.15) is 59.8 Å². The highest BCUT2D eigenvalue weighted by atomic mass is 14.6. The topological polar surface area (TPSA) is 0 Å². The maximum Gasteiger partial charge on any atom is -0.0264 e. The molecule has 0 saturated heterocycles. The summed E-state index contributed by atoms with van der Waals surface area (Å²) >= 11 is 0. The zero-order valence-corrected chi connectivity index (χ0v) is 10.8. The third kappa shape index (κ3) is 1.88. The molecule has 3 rings (SSSR count). The van der Waals surface area contributed by atoms with Crippen molar-refractivity contribution in [2.45, 2.75) is 59.8 Å². The summed E-state index contributed by atoms with van der Waals surface area (Å²) in [6.45, 7) is 9.46. The van der Waals surface area contributed by atoms with E-state index in [1.165, 1.54) is 37.7 Å². The third-order valence-electron chi connectivity index (χ3n) is 5.21. The van der Waals surface area contributed by atoms with Crippen LogP contribution >= 0.6 is 0 Å². The number of fused-ring (bicyclic) bond motifs is 2. The first kappa shape index (κ1) is 11.2. The first-order chi connectivity index (χ1) is 7.04. The summed E-state index contributed by atoms with van der Waals surface area (Å²) < 4.78 is 0. The Kier molecular flexibility index (Phi) is 2.96. The van der Waals surface area contributed by atoms with Crippen LogP contribution in [0.5, 0.6) is 0 Å². The van der Waals surface area contributed by atoms with Crippen LogP contribution in [0.4, 0.5) is 0 Å². The lowest BCUT2D eigenvalue weighted by atomic mass is 9.44. The Morgan fingerprint density at radius 1 is 1.33 bits per heavy atom. The van der Waals surface area contributed by atoms with Crippen molar-refractivity contribution >= 4 is 0 Å². The molecular formula is C15H26. The predicted molar refractivity (Wildman–Crippen MR) is 66.8 cm³/mol. The van der Waals surface area contributed by atoms with Gasteiger partial charge in [0.1, 0.15) is 0 Å². The fourth-order valence-electron chi connectivity index (χ4n) is 4.04. The lowest BCUT2D eigenvalue weighted by molar-refractivity contribution is -0.117. The van der Waals surface area contributed by atoms with Gasteiger partial charge in [-0.3, -0.25) is 0 Å². The molecule has 4 atom stereocenters. The van der Waals surface area contributed by atoms with Crippen molar-refractivity contribution in [1.82, 2.24) is 0 Å². The highest BCUT2D eigenvalue weighted by Gasteiger charge is 2.54. The minimum atomic E-state index is 0.698. The molecule has 0 aliphatic heterocycles. The first-order valence-electron chi connectivity index (χ1n) is 6.67. The smallest absolute Gasteiger partial charge is 0.0264 e. The molecule has 3 saturated carbocycles. The Morgan fingerprint density at radius 3 is 2.60 bits per heavy atom. The minimum Gasteiger partial charge on any atom is -0.0859 e. The van der Waals surface area contributed by atoms with Gasteiger partial charge in [-0.25, -0.2) is 0 Å². The lowest BCUT2D eigenvalue weighted by Gasteiger charge is -2.61. The summed E-state index contributed by atoms with van der Waals surface area (Å²) in [6.07, 6.45) is 9.68. The SMILES string of the molecule is CC(C)=CCCC1(C)C2CCC(C)C1C2. The number of allylic oxidation sites excluding steroid dienone is 2. The summed E-state index contributed by atoms with van der Waals surface area (Å²) in [6, 6.07) is 0. The molecule has 0 radical (unpaired) electrons. The molecule has 0 spiro atoms. The van der Waals surface area contributed by atoms with E-state index in [9.17, 15) is 0 Å². The van der Waals surface area contributed by atoms with Gasteiger partial charge in [-0.15, -0.1) is 0 Å². The van der Waals surface area contributed by atoms with Crippen molar-refractivity contribution in [2.24, 2.45) is 23.2 Å². The second-order valence-corrected chi connectivity index (χ2v) is 6.42. The van der Waals surface area contributed by atoms with Crippen LogP contribution in [0.2, 0.25) is 0 Å². The summed E-state index contributed by atoms with van der Waals surface area (Å²) in [5.41, 5.74) is 2.18. The molecular weight excluding hydrogens is 180 g/mol. The monoisotopic (exact) mass is 206 g/mol. The van der Waals surface area contributed by atoms with E-state index in [0.717, 1.165) is 17.8 Å². The molecule has 0 aromatic heterocycles. The lowest BCUT2D eigenvalue weighted by Crippen LogP contribution is -2.53. The quantitative estimate of drug-likeness (QED) is 0.582. The van der Waals surface area contributed by atoms with Crippen molar-refractivity contribution in [3.05, 3.63) is 11.6 Å². The van der Waals surface area contributed by atoms with Gasteiger partial charge in [0.2, 0.25) is 0 Å². The van der Waals surface area contributed by atoms with Crippen LogP contribution in [0.3, 0.4) is 0 Å². The fraction of sp³-hybridized carbons (Fsp3) is 0.867. The molecule has 2 bridgehead atoms. The van der Waals surface area contributed by atoms with Crippen LogP contribution in [-0.4, -0.2) is 0 Å². The summed E-state index contributed by atoms with van der Waals surface area (Å²) in [5, 5.41) is 0. The van der Waals surface area contributed by atoms with E-state index >= 15 is 0 Å². The van der Waals surface area contributed by atoms with E-state index in [0.29, 0.717) is 5.41 Å². The van der Waals surface area contributed by atoms with Crippen molar-refractivity contribution < 1.29 is 0 Å². The highest BCUT2D eigenvalue weighted by Crippen LogP contribution is 2.63. The maximum atomic E-state index is 2.56. The molecule has 0 heteroatoms. The maximum absolute atomic E-state index is 2.56. The summed E-state index contributed by atoms with van der Waals surface area (Å²) in [7, 11) is 0. The van der Waals surface area contributed by atoms with Crippen molar-refractivity contribution in [3.8, 4) is 0 Å². The highest BCUT2D eigenvalue weighted by molar-refractivity contribution is 5.06. The standard InChI is InChI=1S/C15H26/c1-11(2)6-5-9-15(4)13-8-7-12(3)14(15)10-13/h6,12-14H,5,7-10H2,1-4H3. The minimum absolute atomic E-state index is 0.698. The number of rotatable bonds is 3. The van der Waals surface area contributed by atoms with Crippen molar-refractivity contribution in [3.63, 3.8) is 0 Å². The van der Waals surface area contributed by atoms with Gasteiger partial charge in [0.15, 0.2) is 0 Å². The average Bonchev–Trinajstić information content (AvgIpc) is 2.16. The second-order valence-electron chi connectivity index (χ2n) is 6.42. The Hall–Kier alpha value is -0.260. The van der Waals surface area contributed by atoms with E-state index in [2.05, 4.69) is 33.8 Å². The van der Waals surface area contributed by atoms with Gasteiger partial charge in [0.25, 0.3) is 0 Å².